The number of pyridine rings is 4. The normalized spacial score (nSPS) is 18.1. The van der Waals surface area contributed by atoms with Crippen molar-refractivity contribution in [3.05, 3.63) is 206 Å². The van der Waals surface area contributed by atoms with Gasteiger partial charge in [0.1, 0.15) is 16.8 Å². The van der Waals surface area contributed by atoms with Crippen LogP contribution in [0.4, 0.5) is 34.5 Å². The summed E-state index contributed by atoms with van der Waals surface area (Å²) in [6.07, 6.45) is 41.2. The Morgan fingerprint density at radius 2 is 0.852 bits per heavy atom. The van der Waals surface area contributed by atoms with Gasteiger partial charge >= 0.3 is 5.88 Å². The first-order valence-corrected chi connectivity index (χ1v) is 49.0. The molecule has 1 spiro atoms. The molecule has 4 amide bonds. The molecule has 1 saturated carbocycles. The van der Waals surface area contributed by atoms with E-state index in [4.69, 9.17) is 64.9 Å². The van der Waals surface area contributed by atoms with E-state index in [0.29, 0.717) is 84.1 Å². The second-order valence-corrected chi connectivity index (χ2v) is 40.5. The first-order valence-electron chi connectivity index (χ1n) is 49.0. The number of unbranched alkanes of at least 4 members (excludes halogenated alkanes) is 1. The van der Waals surface area contributed by atoms with E-state index in [-0.39, 0.29) is 63.7 Å². The Labute approximate surface area is 802 Å². The van der Waals surface area contributed by atoms with E-state index >= 15 is 0 Å². The van der Waals surface area contributed by atoms with Gasteiger partial charge in [-0.1, -0.05) is 129 Å². The number of allylic oxidation sites excluding steroid dienone is 9. The molecule has 5 aliphatic heterocycles. The Bertz CT molecular complexity index is 5520. The number of ether oxygens (including phenoxy) is 3. The number of likely N-dealkylation sites (tertiary alicyclic amines) is 1. The van der Waals surface area contributed by atoms with Crippen molar-refractivity contribution in [2.45, 2.75) is 292 Å². The number of hydrogen-bond donors (Lipinski definition) is 4. The molecule has 4 aliphatic carbocycles. The van der Waals surface area contributed by atoms with Crippen molar-refractivity contribution in [3.8, 4) is 0 Å². The molecule has 10 heterocycles. The van der Waals surface area contributed by atoms with Gasteiger partial charge < -0.3 is 69.1 Å². The fourth-order valence-corrected chi connectivity index (χ4v) is 18.6. The number of carbonyl (C=O) groups excluding carboxylic acids is 4. The van der Waals surface area contributed by atoms with Crippen molar-refractivity contribution in [2.24, 2.45) is 31.2 Å². The van der Waals surface area contributed by atoms with E-state index in [1.165, 1.54) is 80.2 Å². The van der Waals surface area contributed by atoms with Crippen LogP contribution in [0, 0.1) is 42.5 Å². The average Bonchev–Trinajstić information content (AvgIpc) is 0.924. The highest BCUT2D eigenvalue weighted by atomic mass is 16.5. The van der Waals surface area contributed by atoms with Gasteiger partial charge in [-0.25, -0.2) is 19.9 Å². The Morgan fingerprint density at radius 3 is 1.25 bits per heavy atom. The van der Waals surface area contributed by atoms with Crippen LogP contribution in [0.25, 0.3) is 36.1 Å². The zero-order chi connectivity index (χ0) is 97.3. The summed E-state index contributed by atoms with van der Waals surface area (Å²) in [5.74, 6) is 0.615. The lowest BCUT2D eigenvalue weighted by Crippen LogP contribution is -2.45. The zero-order valence-corrected chi connectivity index (χ0v) is 83.4. The molecule has 14 rings (SSSR count). The van der Waals surface area contributed by atoms with Crippen LogP contribution in [0.2, 0.25) is 0 Å². The fraction of sp³-hybridized carbons (Fsp3) is 0.565. The number of nitrogens with one attached hydrogen (secondary N) is 4. The number of rotatable bonds is 33. The molecule has 9 aliphatic rings. The molecule has 5 aromatic rings. The molecule has 720 valence electrons. The molecule has 0 atom stereocenters. The second-order valence-electron chi connectivity index (χ2n) is 40.5. The van der Waals surface area contributed by atoms with E-state index in [1.807, 2.05) is 84.0 Å². The summed E-state index contributed by atoms with van der Waals surface area (Å²) in [5, 5.41) is 12.0. The lowest BCUT2D eigenvalue weighted by atomic mass is 9.71. The number of carbonyl (C=O) groups is 4. The molecule has 0 radical (unpaired) electrons. The fourth-order valence-electron chi connectivity index (χ4n) is 18.6. The first-order chi connectivity index (χ1) is 64.5. The second kappa shape index (κ2) is 47.5. The minimum Gasteiger partial charge on any atom is -0.475 e. The van der Waals surface area contributed by atoms with Gasteiger partial charge in [-0.3, -0.25) is 24.1 Å². The Balaban J connectivity index is 0.000000173. The lowest BCUT2D eigenvalue weighted by molar-refractivity contribution is -0.111. The highest BCUT2D eigenvalue weighted by Gasteiger charge is 2.40. The molecule has 0 bridgehead atoms. The number of aliphatic imine (C=N–C) groups is 3. The van der Waals surface area contributed by atoms with Crippen molar-refractivity contribution >= 4 is 91.9 Å². The van der Waals surface area contributed by atoms with Gasteiger partial charge in [0.25, 0.3) is 41.1 Å². The molecular formula is C108H145N19O8. The van der Waals surface area contributed by atoms with E-state index in [0.717, 1.165) is 200 Å². The Morgan fingerprint density at radius 1 is 0.444 bits per heavy atom. The smallest absolute Gasteiger partial charge is 0.346 e. The maximum absolute atomic E-state index is 13.0. The predicted molar refractivity (Wildman–Crippen MR) is 542 cm³/mol. The summed E-state index contributed by atoms with van der Waals surface area (Å²) in [5.41, 5.74) is 12.7. The van der Waals surface area contributed by atoms with Gasteiger partial charge in [0.05, 0.1) is 74.7 Å². The maximum Gasteiger partial charge on any atom is 0.346 e. The molecule has 4 N–H and O–H groups in total. The molecular weight excluding hydrogens is 1690 g/mol. The predicted octanol–water partition coefficient (Wildman–Crippen LogP) is 23.6. The number of anilines is 5. The summed E-state index contributed by atoms with van der Waals surface area (Å²) in [7, 11) is 8.24. The quantitative estimate of drug-likeness (QED) is 0.0224. The summed E-state index contributed by atoms with van der Waals surface area (Å²) in [6, 6.07) is 18.6. The van der Waals surface area contributed by atoms with Gasteiger partial charge in [0.15, 0.2) is 28.7 Å². The Hall–Kier alpha value is -11.3. The van der Waals surface area contributed by atoms with Crippen molar-refractivity contribution in [1.29, 1.82) is 0 Å². The van der Waals surface area contributed by atoms with Crippen molar-refractivity contribution in [2.75, 3.05) is 113 Å². The minimum absolute atomic E-state index is 0.0962. The zero-order valence-electron chi connectivity index (χ0n) is 83.4. The topological polar surface area (TPSA) is 276 Å². The number of hydrogen-bond acceptors (Lipinski definition) is 19. The van der Waals surface area contributed by atoms with Gasteiger partial charge in [-0.05, 0) is 325 Å². The highest BCUT2D eigenvalue weighted by molar-refractivity contribution is 6.45. The van der Waals surface area contributed by atoms with E-state index in [1.54, 1.807) is 18.2 Å². The number of nitrogens with zero attached hydrogens (tertiary/aromatic N) is 15. The van der Waals surface area contributed by atoms with E-state index in [2.05, 4.69) is 176 Å². The van der Waals surface area contributed by atoms with Crippen LogP contribution in [-0.2, 0) is 50.9 Å². The van der Waals surface area contributed by atoms with Gasteiger partial charge in [-0.2, -0.15) is 4.85 Å². The summed E-state index contributed by atoms with van der Waals surface area (Å²) in [6.45, 7) is 64.4. The van der Waals surface area contributed by atoms with Crippen LogP contribution in [-0.4, -0.2) is 163 Å². The third kappa shape index (κ3) is 28.2. The SMILES string of the molecule is [C-]#[N+]C1=CCC(C(=O)Nc2ccc(C(C)(C)N3CCCCC3)nc2C2=CCC(C)(C)CC2)=N1.[C-]#[N+]C1=CCC(C(=O)Nc2ccc(C(C)(C)OCCCC)nc2N2CCCCC2)=N1.[C-]#[N+]C1=CCC(C(=O)Nc2ccc(C(C)(C)OCCCN(C)C)nc2C2=CCC(CC)(CC)CC2)=N1.[C-]#[N+]c1ccc(C(=O)Nc2ccc(C(C)(C)OCCCN(C)C)nc2C2=CCC3(CCCC3)CC2)o1. The van der Waals surface area contributed by atoms with Crippen LogP contribution >= 0.6 is 0 Å². The van der Waals surface area contributed by atoms with Crippen LogP contribution < -0.4 is 26.2 Å². The summed E-state index contributed by atoms with van der Waals surface area (Å²) in [4.78, 5) is 106. The molecule has 3 fully saturated rings. The lowest BCUT2D eigenvalue weighted by Gasteiger charge is -2.41. The molecule has 0 aromatic carbocycles. The van der Waals surface area contributed by atoms with Crippen molar-refractivity contribution in [3.63, 3.8) is 0 Å². The van der Waals surface area contributed by atoms with Crippen LogP contribution in [0.3, 0.4) is 0 Å². The molecule has 5 aromatic heterocycles. The largest absolute Gasteiger partial charge is 0.475 e. The van der Waals surface area contributed by atoms with Crippen LogP contribution in [0.1, 0.15) is 320 Å². The molecule has 2 saturated heterocycles. The molecule has 27 heteroatoms. The number of furan rings is 1. The third-order valence-electron chi connectivity index (χ3n) is 27.9. The molecule has 135 heavy (non-hydrogen) atoms. The molecule has 0 unspecified atom stereocenters. The van der Waals surface area contributed by atoms with Crippen molar-refractivity contribution in [1.82, 2.24) is 34.6 Å². The van der Waals surface area contributed by atoms with E-state index in [9.17, 15) is 19.2 Å². The van der Waals surface area contributed by atoms with Gasteiger partial charge in [-0.15, -0.1) is 15.0 Å². The number of piperidine rings is 2. The van der Waals surface area contributed by atoms with Gasteiger partial charge in [0, 0.05) is 52.2 Å². The summed E-state index contributed by atoms with van der Waals surface area (Å²) >= 11 is 0. The number of aromatic nitrogens is 4. The van der Waals surface area contributed by atoms with E-state index < -0.39 is 16.8 Å². The monoisotopic (exact) mass is 1840 g/mol. The van der Waals surface area contributed by atoms with Crippen molar-refractivity contribution < 1.29 is 37.8 Å². The van der Waals surface area contributed by atoms with Crippen LogP contribution in [0.15, 0.2) is 134 Å². The van der Waals surface area contributed by atoms with Gasteiger partial charge in [0.2, 0.25) is 0 Å². The number of amides is 4. The first kappa shape index (κ1) is 104. The molecule has 27 nitrogen and oxygen atoms in total. The third-order valence-corrected chi connectivity index (χ3v) is 27.9. The Kier molecular flexibility index (Phi) is 36.6. The average molecular weight is 1840 g/mol. The summed E-state index contributed by atoms with van der Waals surface area (Å²) < 4.78 is 23.9. The standard InChI is InChI=1S/C29H41N5O2.C29H38N4O3.C27H35N5O.C23H31N5O2/c1-8-29(9-2)17-15-21(16-18-29)26-22(32-27(35)23-12-14-25(30-5)31-23)11-13-24(33-26)28(3,4)36-20-10-19-34(6)7;1-28(2,35-20-8-19-33(4)5)24-11-9-22(31-27(34)23-10-12-25(30-3)36-23)26(32-24)21-13-17-29(18-14-21)15-6-7-16-29;1-26(2)15-13-19(14-16-26)24-20(30-25(33)21-10-12-23(28-5)29-21)9-11-22(31-24)27(3,4)32-17-7-6-8-18-32;1-5-6-16-30-23(2,3)19-12-10-17(21(27-19)28-14-8-7-9-15-28)26-22(29)18-11-13-20(24-4)25-18/h11,13-15H,8-10,12,16-20H2,1-4,6-7H3,(H,32,35);9-13H,6-8,14-20H2,1-2,4-5H3,(H,31,34);9,11-13H,6-8,10,14-18H2,1-4H3,(H,30,33);10,12-13H,5-9,11,14-16H2,1-3H3,(H,26,29). The maximum atomic E-state index is 13.0. The highest BCUT2D eigenvalue weighted by Crippen LogP contribution is 2.51. The minimum atomic E-state index is -0.558. The van der Waals surface area contributed by atoms with Crippen LogP contribution in [0.5, 0.6) is 0 Å².